The molecule has 1 N–H and O–H groups in total. The molecule has 6 nitrogen and oxygen atoms in total. The largest absolute Gasteiger partial charge is 0.492 e. The molecule has 3 aromatic rings. The number of esters is 1. The Balaban J connectivity index is 1.27. The van der Waals surface area contributed by atoms with Crippen LogP contribution in [0, 0.1) is 13.8 Å². The molecule has 1 aliphatic carbocycles. The predicted octanol–water partition coefficient (Wildman–Crippen LogP) is 5.88. The van der Waals surface area contributed by atoms with Gasteiger partial charge in [0.15, 0.2) is 0 Å². The monoisotopic (exact) mass is 502 g/mol. The molecule has 0 unspecified atom stereocenters. The van der Waals surface area contributed by atoms with E-state index in [9.17, 15) is 9.90 Å². The highest BCUT2D eigenvalue weighted by Gasteiger charge is 2.28. The van der Waals surface area contributed by atoms with E-state index in [1.165, 1.54) is 12.7 Å². The van der Waals surface area contributed by atoms with Crippen LogP contribution in [0.1, 0.15) is 53.9 Å². The molecular formula is C31H34O6. The van der Waals surface area contributed by atoms with Crippen molar-refractivity contribution in [2.75, 3.05) is 13.7 Å². The zero-order valence-corrected chi connectivity index (χ0v) is 21.7. The molecule has 3 atom stereocenters. The summed E-state index contributed by atoms with van der Waals surface area (Å²) in [5.74, 6) is 2.09. The van der Waals surface area contributed by atoms with Gasteiger partial charge in [-0.3, -0.25) is 4.79 Å². The number of rotatable bonds is 8. The Morgan fingerprint density at radius 2 is 1.84 bits per heavy atom. The van der Waals surface area contributed by atoms with Crippen LogP contribution in [0.15, 0.2) is 54.6 Å². The van der Waals surface area contributed by atoms with Crippen molar-refractivity contribution in [2.24, 2.45) is 0 Å². The Kier molecular flexibility index (Phi) is 7.38. The van der Waals surface area contributed by atoms with E-state index in [2.05, 4.69) is 50.2 Å². The lowest BCUT2D eigenvalue weighted by Gasteiger charge is -2.20. The Labute approximate surface area is 218 Å². The SMILES string of the molecule is COC(=O)C[C@@H]1COc2cc(OCc3cccc(-c4c(C)cc(O[C@@H]5CCC[C@H]5O)cc4C)c3)ccc21. The third-order valence-corrected chi connectivity index (χ3v) is 7.34. The van der Waals surface area contributed by atoms with Crippen LogP contribution in [0.25, 0.3) is 11.1 Å². The third-order valence-electron chi connectivity index (χ3n) is 7.34. The van der Waals surface area contributed by atoms with Crippen LogP contribution in [0.3, 0.4) is 0 Å². The highest BCUT2D eigenvalue weighted by atomic mass is 16.5. The van der Waals surface area contributed by atoms with E-state index in [1.807, 2.05) is 18.2 Å². The fraction of sp³-hybridized carbons (Fsp3) is 0.387. The molecule has 1 heterocycles. The summed E-state index contributed by atoms with van der Waals surface area (Å²) in [4.78, 5) is 11.7. The average molecular weight is 503 g/mol. The molecule has 1 fully saturated rings. The number of aliphatic hydroxyl groups is 1. The number of aryl methyl sites for hydroxylation is 2. The number of fused-ring (bicyclic) bond motifs is 1. The van der Waals surface area contributed by atoms with E-state index in [4.69, 9.17) is 18.9 Å². The van der Waals surface area contributed by atoms with Gasteiger partial charge < -0.3 is 24.1 Å². The summed E-state index contributed by atoms with van der Waals surface area (Å²) < 4.78 is 22.8. The number of methoxy groups -OCH3 is 1. The van der Waals surface area contributed by atoms with Crippen molar-refractivity contribution in [3.05, 3.63) is 76.9 Å². The van der Waals surface area contributed by atoms with Gasteiger partial charge in [-0.1, -0.05) is 24.3 Å². The molecule has 1 aliphatic heterocycles. The first-order chi connectivity index (χ1) is 17.9. The second-order valence-corrected chi connectivity index (χ2v) is 10.1. The minimum atomic E-state index is -0.379. The molecule has 6 heteroatoms. The summed E-state index contributed by atoms with van der Waals surface area (Å²) in [6, 6.07) is 18.3. The summed E-state index contributed by atoms with van der Waals surface area (Å²) in [5, 5.41) is 10.1. The normalized spacial score (nSPS) is 20.3. The lowest BCUT2D eigenvalue weighted by Crippen LogP contribution is -2.25. The van der Waals surface area contributed by atoms with Crippen LogP contribution in [-0.2, 0) is 16.1 Å². The molecule has 1 saturated carbocycles. The maximum absolute atomic E-state index is 11.7. The molecule has 0 aromatic heterocycles. The molecular weight excluding hydrogens is 468 g/mol. The van der Waals surface area contributed by atoms with E-state index in [0.717, 1.165) is 64.3 Å². The van der Waals surface area contributed by atoms with Gasteiger partial charge in [-0.05, 0) is 85.2 Å². The van der Waals surface area contributed by atoms with E-state index in [0.29, 0.717) is 19.6 Å². The molecule has 3 aromatic carbocycles. The Hall–Kier alpha value is -3.51. The van der Waals surface area contributed by atoms with Gasteiger partial charge in [-0.2, -0.15) is 0 Å². The fourth-order valence-corrected chi connectivity index (χ4v) is 5.45. The van der Waals surface area contributed by atoms with Crippen molar-refractivity contribution in [3.8, 4) is 28.4 Å². The first-order valence-corrected chi connectivity index (χ1v) is 12.9. The average Bonchev–Trinajstić information content (AvgIpc) is 3.47. The molecule has 0 saturated heterocycles. The molecule has 0 bridgehead atoms. The van der Waals surface area contributed by atoms with Gasteiger partial charge in [-0.25, -0.2) is 0 Å². The summed E-state index contributed by atoms with van der Waals surface area (Å²) in [5.41, 5.74) is 6.67. The zero-order chi connectivity index (χ0) is 25.9. The van der Waals surface area contributed by atoms with Gasteiger partial charge in [0.1, 0.15) is 30.0 Å². The Bertz CT molecular complexity index is 1260. The van der Waals surface area contributed by atoms with Crippen molar-refractivity contribution in [1.29, 1.82) is 0 Å². The van der Waals surface area contributed by atoms with E-state index in [1.54, 1.807) is 0 Å². The van der Waals surface area contributed by atoms with Crippen LogP contribution in [-0.4, -0.2) is 37.0 Å². The highest BCUT2D eigenvalue weighted by Crippen LogP contribution is 2.39. The second-order valence-electron chi connectivity index (χ2n) is 10.1. The van der Waals surface area contributed by atoms with Crippen LogP contribution in [0.2, 0.25) is 0 Å². The molecule has 0 radical (unpaired) electrons. The smallest absolute Gasteiger partial charge is 0.306 e. The second kappa shape index (κ2) is 10.9. The minimum absolute atomic E-state index is 0.0136. The number of hydrogen-bond acceptors (Lipinski definition) is 6. The van der Waals surface area contributed by atoms with Crippen LogP contribution < -0.4 is 14.2 Å². The topological polar surface area (TPSA) is 74.2 Å². The number of hydrogen-bond donors (Lipinski definition) is 1. The van der Waals surface area contributed by atoms with Crippen molar-refractivity contribution in [1.82, 2.24) is 0 Å². The van der Waals surface area contributed by atoms with Crippen molar-refractivity contribution >= 4 is 5.97 Å². The molecule has 194 valence electrons. The first-order valence-electron chi connectivity index (χ1n) is 12.9. The quantitative estimate of drug-likeness (QED) is 0.388. The van der Waals surface area contributed by atoms with Gasteiger partial charge in [-0.15, -0.1) is 0 Å². The van der Waals surface area contributed by atoms with Gasteiger partial charge in [0.2, 0.25) is 0 Å². The minimum Gasteiger partial charge on any atom is -0.492 e. The maximum atomic E-state index is 11.7. The number of carbonyl (C=O) groups is 1. The Morgan fingerprint density at radius 3 is 2.57 bits per heavy atom. The lowest BCUT2D eigenvalue weighted by molar-refractivity contribution is -0.141. The fourth-order valence-electron chi connectivity index (χ4n) is 5.45. The molecule has 0 amide bonds. The summed E-state index contributed by atoms with van der Waals surface area (Å²) in [6.07, 6.45) is 2.53. The molecule has 37 heavy (non-hydrogen) atoms. The molecule has 2 aliphatic rings. The highest BCUT2D eigenvalue weighted by molar-refractivity contribution is 5.72. The van der Waals surface area contributed by atoms with Crippen LogP contribution in [0.4, 0.5) is 0 Å². The first kappa shape index (κ1) is 25.2. The number of benzene rings is 3. The van der Waals surface area contributed by atoms with Crippen LogP contribution >= 0.6 is 0 Å². The van der Waals surface area contributed by atoms with Crippen LogP contribution in [0.5, 0.6) is 17.2 Å². The van der Waals surface area contributed by atoms with Crippen molar-refractivity contribution in [3.63, 3.8) is 0 Å². The van der Waals surface area contributed by atoms with Crippen molar-refractivity contribution < 1.29 is 28.8 Å². The van der Waals surface area contributed by atoms with Gasteiger partial charge in [0.25, 0.3) is 0 Å². The van der Waals surface area contributed by atoms with Gasteiger partial charge >= 0.3 is 5.97 Å². The van der Waals surface area contributed by atoms with Crippen molar-refractivity contribution in [2.45, 2.75) is 64.3 Å². The van der Waals surface area contributed by atoms with E-state index < -0.39 is 0 Å². The lowest BCUT2D eigenvalue weighted by atomic mass is 9.94. The predicted molar refractivity (Wildman–Crippen MR) is 141 cm³/mol. The summed E-state index contributed by atoms with van der Waals surface area (Å²) >= 11 is 0. The summed E-state index contributed by atoms with van der Waals surface area (Å²) in [6.45, 7) is 5.10. The third kappa shape index (κ3) is 5.59. The van der Waals surface area contributed by atoms with Gasteiger partial charge in [0, 0.05) is 17.5 Å². The standard InChI is InChI=1S/C31H34O6/c1-19-12-25(37-28-9-5-8-27(28)32)13-20(2)31(19)22-7-4-6-21(14-22)17-35-24-10-11-26-23(15-30(33)34-3)18-36-29(26)16-24/h4,6-7,10-14,16,23,27-28,32H,5,8-9,15,17-18H2,1-3H3/t23-,27-,28-/m1/s1. The number of ether oxygens (including phenoxy) is 4. The van der Waals surface area contributed by atoms with E-state index in [-0.39, 0.29) is 24.1 Å². The maximum Gasteiger partial charge on any atom is 0.306 e. The number of carbonyl (C=O) groups excluding carboxylic acids is 1. The summed E-state index contributed by atoms with van der Waals surface area (Å²) in [7, 11) is 1.40. The Morgan fingerprint density at radius 1 is 1.03 bits per heavy atom. The van der Waals surface area contributed by atoms with E-state index >= 15 is 0 Å². The molecule has 5 rings (SSSR count). The molecule has 0 spiro atoms. The number of aliphatic hydroxyl groups excluding tert-OH is 1. The zero-order valence-electron chi connectivity index (χ0n) is 21.7. The van der Waals surface area contributed by atoms with Gasteiger partial charge in [0.05, 0.1) is 26.2 Å².